The Kier molecular flexibility index (Phi) is 4.19. The lowest BCUT2D eigenvalue weighted by atomic mass is 9.82. The van der Waals surface area contributed by atoms with Gasteiger partial charge in [0.05, 0.1) is 12.2 Å². The van der Waals surface area contributed by atoms with Gasteiger partial charge in [-0.15, -0.1) is 0 Å². The number of likely N-dealkylation sites (tertiary alicyclic amines) is 1. The van der Waals surface area contributed by atoms with E-state index in [9.17, 15) is 0 Å². The van der Waals surface area contributed by atoms with Gasteiger partial charge >= 0.3 is 0 Å². The molecule has 1 saturated carbocycles. The van der Waals surface area contributed by atoms with Gasteiger partial charge in [0, 0.05) is 26.3 Å². The average molecular weight is 272 g/mol. The minimum absolute atomic E-state index is 0.749. The topological polar surface area (TPSA) is 40.5 Å². The average Bonchev–Trinajstić information content (AvgIpc) is 2.92. The summed E-state index contributed by atoms with van der Waals surface area (Å²) in [5, 5.41) is 3.45. The Labute approximate surface area is 121 Å². The molecule has 2 atom stereocenters. The summed E-state index contributed by atoms with van der Waals surface area (Å²) in [6.07, 6.45) is 7.46. The molecule has 0 spiro atoms. The number of rotatable bonds is 2. The van der Waals surface area contributed by atoms with Crippen molar-refractivity contribution in [3.63, 3.8) is 0 Å². The number of guanidine groups is 1. The predicted octanol–water partition coefficient (Wildman–Crippen LogP) is 2.28. The quantitative estimate of drug-likeness (QED) is 0.663. The van der Waals surface area contributed by atoms with Crippen molar-refractivity contribution in [2.75, 3.05) is 20.1 Å². The fourth-order valence-electron chi connectivity index (χ4n) is 3.58. The first-order chi connectivity index (χ1) is 9.86. The highest BCUT2D eigenvalue weighted by Crippen LogP contribution is 2.35. The van der Waals surface area contributed by atoms with Gasteiger partial charge in [-0.05, 0) is 36.8 Å². The molecule has 1 saturated heterocycles. The Morgan fingerprint density at radius 2 is 2.05 bits per heavy atom. The Hall–Kier alpha value is -1.58. The van der Waals surface area contributed by atoms with Gasteiger partial charge in [0.1, 0.15) is 0 Å². The smallest absolute Gasteiger partial charge is 0.193 e. The highest BCUT2D eigenvalue weighted by Gasteiger charge is 2.35. The first-order valence-corrected chi connectivity index (χ1v) is 7.72. The van der Waals surface area contributed by atoms with Crippen LogP contribution in [-0.2, 0) is 6.54 Å². The van der Waals surface area contributed by atoms with E-state index in [-0.39, 0.29) is 0 Å². The Bertz CT molecular complexity index is 443. The first kappa shape index (κ1) is 13.4. The summed E-state index contributed by atoms with van der Waals surface area (Å²) < 4.78 is 0. The van der Waals surface area contributed by atoms with Gasteiger partial charge in [0.25, 0.3) is 0 Å². The molecule has 1 aromatic heterocycles. The van der Waals surface area contributed by atoms with E-state index in [1.165, 1.54) is 38.8 Å². The fraction of sp³-hybridized carbons (Fsp3) is 0.625. The van der Waals surface area contributed by atoms with Crippen molar-refractivity contribution >= 4 is 5.96 Å². The third-order valence-corrected chi connectivity index (χ3v) is 4.64. The number of nitrogens with zero attached hydrogens (tertiary/aromatic N) is 3. The third-order valence-electron chi connectivity index (χ3n) is 4.64. The number of aromatic nitrogens is 1. The summed E-state index contributed by atoms with van der Waals surface area (Å²) >= 11 is 0. The molecular formula is C16H24N4. The molecular weight excluding hydrogens is 248 g/mol. The van der Waals surface area contributed by atoms with Gasteiger partial charge < -0.3 is 10.2 Å². The summed E-state index contributed by atoms with van der Waals surface area (Å²) in [4.78, 5) is 11.2. The molecule has 0 amide bonds. The van der Waals surface area contributed by atoms with Crippen LogP contribution in [0.3, 0.4) is 0 Å². The van der Waals surface area contributed by atoms with E-state index >= 15 is 0 Å². The molecule has 4 nitrogen and oxygen atoms in total. The molecule has 0 radical (unpaired) electrons. The second-order valence-electron chi connectivity index (χ2n) is 5.93. The van der Waals surface area contributed by atoms with E-state index in [1.54, 1.807) is 0 Å². The molecule has 2 aliphatic rings. The van der Waals surface area contributed by atoms with E-state index in [4.69, 9.17) is 0 Å². The van der Waals surface area contributed by atoms with E-state index in [1.807, 2.05) is 31.4 Å². The molecule has 20 heavy (non-hydrogen) atoms. The van der Waals surface area contributed by atoms with Gasteiger partial charge in [-0.3, -0.25) is 9.98 Å². The SMILES string of the molecule is CN=C(NCc1ccccn1)N1CC2CCCCC2C1. The fourth-order valence-corrected chi connectivity index (χ4v) is 3.58. The molecule has 3 rings (SSSR count). The van der Waals surface area contributed by atoms with E-state index in [2.05, 4.69) is 20.2 Å². The minimum atomic E-state index is 0.749. The largest absolute Gasteiger partial charge is 0.351 e. The molecule has 2 fully saturated rings. The summed E-state index contributed by atoms with van der Waals surface area (Å²) in [7, 11) is 1.88. The van der Waals surface area contributed by atoms with Gasteiger partial charge in [-0.2, -0.15) is 0 Å². The standard InChI is InChI=1S/C16H24N4/c1-17-16(19-10-15-8-4-5-9-18-15)20-11-13-6-2-3-7-14(13)12-20/h4-5,8-9,13-14H,2-3,6-7,10-12H2,1H3,(H,17,19). The van der Waals surface area contributed by atoms with Crippen molar-refractivity contribution in [1.82, 2.24) is 15.2 Å². The van der Waals surface area contributed by atoms with Crippen LogP contribution in [0, 0.1) is 11.8 Å². The van der Waals surface area contributed by atoms with Crippen molar-refractivity contribution in [1.29, 1.82) is 0 Å². The maximum atomic E-state index is 4.45. The van der Waals surface area contributed by atoms with E-state index in [0.29, 0.717) is 0 Å². The summed E-state index contributed by atoms with van der Waals surface area (Å²) in [5.74, 6) is 2.80. The lowest BCUT2D eigenvalue weighted by Gasteiger charge is -2.22. The van der Waals surface area contributed by atoms with Crippen LogP contribution in [-0.4, -0.2) is 36.0 Å². The van der Waals surface area contributed by atoms with Crippen LogP contribution in [0.5, 0.6) is 0 Å². The van der Waals surface area contributed by atoms with Crippen LogP contribution < -0.4 is 5.32 Å². The third kappa shape index (κ3) is 2.94. The Morgan fingerprint density at radius 3 is 2.65 bits per heavy atom. The van der Waals surface area contributed by atoms with Crippen molar-refractivity contribution in [2.45, 2.75) is 32.2 Å². The maximum absolute atomic E-state index is 4.45. The molecule has 1 aliphatic carbocycles. The first-order valence-electron chi connectivity index (χ1n) is 7.72. The zero-order chi connectivity index (χ0) is 13.8. The zero-order valence-electron chi connectivity index (χ0n) is 12.3. The lowest BCUT2D eigenvalue weighted by Crippen LogP contribution is -2.40. The van der Waals surface area contributed by atoms with Gasteiger partial charge in [0.15, 0.2) is 5.96 Å². The van der Waals surface area contributed by atoms with E-state index in [0.717, 1.165) is 30.0 Å². The summed E-state index contributed by atoms with van der Waals surface area (Å²) in [6.45, 7) is 3.10. The maximum Gasteiger partial charge on any atom is 0.193 e. The van der Waals surface area contributed by atoms with Gasteiger partial charge in [-0.1, -0.05) is 18.9 Å². The van der Waals surface area contributed by atoms with Gasteiger partial charge in [-0.25, -0.2) is 0 Å². The molecule has 1 N–H and O–H groups in total. The molecule has 4 heteroatoms. The van der Waals surface area contributed by atoms with Crippen LogP contribution >= 0.6 is 0 Å². The summed E-state index contributed by atoms with van der Waals surface area (Å²) in [6, 6.07) is 6.02. The number of aliphatic imine (C=N–C) groups is 1. The van der Waals surface area contributed by atoms with Crippen LogP contribution in [0.2, 0.25) is 0 Å². The molecule has 1 aromatic rings. The highest BCUT2D eigenvalue weighted by molar-refractivity contribution is 5.80. The van der Waals surface area contributed by atoms with E-state index < -0.39 is 0 Å². The zero-order valence-corrected chi connectivity index (χ0v) is 12.3. The molecule has 2 unspecified atom stereocenters. The summed E-state index contributed by atoms with van der Waals surface area (Å²) in [5.41, 5.74) is 1.06. The second-order valence-corrected chi connectivity index (χ2v) is 5.93. The monoisotopic (exact) mass is 272 g/mol. The number of nitrogens with one attached hydrogen (secondary N) is 1. The highest BCUT2D eigenvalue weighted by atomic mass is 15.3. The molecule has 2 heterocycles. The predicted molar refractivity (Wildman–Crippen MR) is 81.5 cm³/mol. The van der Waals surface area contributed by atoms with Crippen LogP contribution in [0.15, 0.2) is 29.4 Å². The normalized spacial score (nSPS) is 26.4. The number of hydrogen-bond acceptors (Lipinski definition) is 2. The van der Waals surface area contributed by atoms with Crippen LogP contribution in [0.4, 0.5) is 0 Å². The molecule has 1 aliphatic heterocycles. The second kappa shape index (κ2) is 6.25. The Morgan fingerprint density at radius 1 is 1.30 bits per heavy atom. The van der Waals surface area contributed by atoms with Crippen molar-refractivity contribution < 1.29 is 0 Å². The molecule has 108 valence electrons. The van der Waals surface area contributed by atoms with Crippen molar-refractivity contribution in [3.8, 4) is 0 Å². The van der Waals surface area contributed by atoms with Crippen LogP contribution in [0.25, 0.3) is 0 Å². The molecule has 0 aromatic carbocycles. The Balaban J connectivity index is 1.57. The van der Waals surface area contributed by atoms with Crippen molar-refractivity contribution in [2.24, 2.45) is 16.8 Å². The molecule has 0 bridgehead atoms. The van der Waals surface area contributed by atoms with Crippen molar-refractivity contribution in [3.05, 3.63) is 30.1 Å². The minimum Gasteiger partial charge on any atom is -0.351 e. The van der Waals surface area contributed by atoms with Gasteiger partial charge in [0.2, 0.25) is 0 Å². The lowest BCUT2D eigenvalue weighted by molar-refractivity contribution is 0.299. The number of pyridine rings is 1. The number of hydrogen-bond donors (Lipinski definition) is 1. The van der Waals surface area contributed by atoms with Crippen LogP contribution in [0.1, 0.15) is 31.4 Å². The number of fused-ring (bicyclic) bond motifs is 1.